The van der Waals surface area contributed by atoms with Gasteiger partial charge in [0.1, 0.15) is 6.10 Å². The highest BCUT2D eigenvalue weighted by molar-refractivity contribution is 5.98. The summed E-state index contributed by atoms with van der Waals surface area (Å²) in [6.07, 6.45) is 5.48. The first-order valence-corrected chi connectivity index (χ1v) is 8.48. The summed E-state index contributed by atoms with van der Waals surface area (Å²) in [5.41, 5.74) is 3.20. The summed E-state index contributed by atoms with van der Waals surface area (Å²) < 4.78 is 5.77. The fraction of sp³-hybridized carbons (Fsp3) is 0.526. The van der Waals surface area contributed by atoms with E-state index in [0.29, 0.717) is 6.54 Å². The van der Waals surface area contributed by atoms with Crippen molar-refractivity contribution in [2.24, 2.45) is 0 Å². The van der Waals surface area contributed by atoms with Crippen molar-refractivity contribution in [3.8, 4) is 0 Å². The molecule has 1 aliphatic carbocycles. The topological polar surface area (TPSA) is 29.5 Å². The van der Waals surface area contributed by atoms with Crippen LogP contribution in [-0.2, 0) is 9.53 Å². The van der Waals surface area contributed by atoms with Crippen molar-refractivity contribution in [3.05, 3.63) is 41.5 Å². The zero-order valence-corrected chi connectivity index (χ0v) is 13.4. The second kappa shape index (κ2) is 7.10. The van der Waals surface area contributed by atoms with Gasteiger partial charge in [-0.1, -0.05) is 37.3 Å². The van der Waals surface area contributed by atoms with Crippen molar-refractivity contribution in [3.63, 3.8) is 0 Å². The zero-order valence-electron chi connectivity index (χ0n) is 13.4. The van der Waals surface area contributed by atoms with Crippen molar-refractivity contribution >= 4 is 11.5 Å². The van der Waals surface area contributed by atoms with Crippen molar-refractivity contribution in [2.75, 3.05) is 19.6 Å². The molecule has 3 heteroatoms. The van der Waals surface area contributed by atoms with Crippen molar-refractivity contribution < 1.29 is 9.53 Å². The molecule has 0 amide bonds. The molecule has 0 unspecified atom stereocenters. The first-order chi connectivity index (χ1) is 10.8. The molecule has 3 nitrogen and oxygen atoms in total. The lowest BCUT2D eigenvalue weighted by Gasteiger charge is -2.29. The minimum Gasteiger partial charge on any atom is -0.459 e. The Hall–Kier alpha value is -1.61. The van der Waals surface area contributed by atoms with Gasteiger partial charge in [-0.15, -0.1) is 0 Å². The predicted octanol–water partition coefficient (Wildman–Crippen LogP) is 3.65. The highest BCUT2D eigenvalue weighted by atomic mass is 16.5. The van der Waals surface area contributed by atoms with Gasteiger partial charge in [-0.05, 0) is 49.8 Å². The number of carbonyl (C=O) groups is 1. The van der Waals surface area contributed by atoms with Gasteiger partial charge in [-0.2, -0.15) is 0 Å². The summed E-state index contributed by atoms with van der Waals surface area (Å²) in [7, 11) is 0. The molecule has 0 saturated heterocycles. The molecule has 118 valence electrons. The minimum absolute atomic E-state index is 0.0936. The maximum absolute atomic E-state index is 12.7. The fourth-order valence-corrected chi connectivity index (χ4v) is 3.46. The SMILES string of the molecule is CCN1CCC(c2ccccc2)=C(C(=O)OC2CCCC2)C1. The van der Waals surface area contributed by atoms with Gasteiger partial charge in [0, 0.05) is 13.1 Å². The highest BCUT2D eigenvalue weighted by Gasteiger charge is 2.27. The second-order valence-electron chi connectivity index (χ2n) is 6.25. The van der Waals surface area contributed by atoms with E-state index in [1.54, 1.807) is 0 Å². The molecule has 2 aliphatic rings. The van der Waals surface area contributed by atoms with Crippen molar-refractivity contribution in [1.29, 1.82) is 0 Å². The number of hydrogen-bond donors (Lipinski definition) is 0. The molecule has 0 radical (unpaired) electrons. The molecule has 0 atom stereocenters. The van der Waals surface area contributed by atoms with Crippen molar-refractivity contribution in [2.45, 2.75) is 45.1 Å². The molecule has 22 heavy (non-hydrogen) atoms. The number of carbonyl (C=O) groups excluding carboxylic acids is 1. The molecule has 1 aromatic carbocycles. The Morgan fingerprint density at radius 2 is 1.95 bits per heavy atom. The van der Waals surface area contributed by atoms with Crippen LogP contribution in [0.1, 0.15) is 44.6 Å². The second-order valence-corrected chi connectivity index (χ2v) is 6.25. The first-order valence-electron chi connectivity index (χ1n) is 8.48. The Balaban J connectivity index is 1.85. The average molecular weight is 299 g/mol. The van der Waals surface area contributed by atoms with Gasteiger partial charge in [-0.25, -0.2) is 4.79 Å². The molecule has 0 spiro atoms. The average Bonchev–Trinajstić information content (AvgIpc) is 3.08. The number of ether oxygens (including phenoxy) is 1. The Labute approximate surface area is 133 Å². The summed E-state index contributed by atoms with van der Waals surface area (Å²) in [5.74, 6) is -0.0936. The van der Waals surface area contributed by atoms with E-state index in [9.17, 15) is 4.79 Å². The molecule has 1 fully saturated rings. The number of hydrogen-bond acceptors (Lipinski definition) is 3. The molecule has 1 aromatic rings. The Morgan fingerprint density at radius 3 is 2.64 bits per heavy atom. The van der Waals surface area contributed by atoms with Crippen LogP contribution in [0.5, 0.6) is 0 Å². The fourth-order valence-electron chi connectivity index (χ4n) is 3.46. The number of rotatable bonds is 4. The maximum Gasteiger partial charge on any atom is 0.335 e. The first kappa shape index (κ1) is 15.3. The summed E-state index contributed by atoms with van der Waals surface area (Å²) in [4.78, 5) is 15.0. The lowest BCUT2D eigenvalue weighted by Crippen LogP contribution is -2.35. The summed E-state index contributed by atoms with van der Waals surface area (Å²) in [6, 6.07) is 10.3. The van der Waals surface area contributed by atoms with Crippen molar-refractivity contribution in [1.82, 2.24) is 4.90 Å². The molecular weight excluding hydrogens is 274 g/mol. The van der Waals surface area contributed by atoms with E-state index in [2.05, 4.69) is 24.0 Å². The standard InChI is InChI=1S/C19H25NO2/c1-2-20-13-12-17(15-8-4-3-5-9-15)18(14-20)19(21)22-16-10-6-7-11-16/h3-5,8-9,16H,2,6-7,10-14H2,1H3. The van der Waals surface area contributed by atoms with Gasteiger partial charge >= 0.3 is 5.97 Å². The monoisotopic (exact) mass is 299 g/mol. The third-order valence-electron chi connectivity index (χ3n) is 4.82. The highest BCUT2D eigenvalue weighted by Crippen LogP contribution is 2.29. The van der Waals surface area contributed by atoms with E-state index in [1.807, 2.05) is 18.2 Å². The van der Waals surface area contributed by atoms with Crippen LogP contribution in [0.3, 0.4) is 0 Å². The normalized spacial score (nSPS) is 20.4. The summed E-state index contributed by atoms with van der Waals surface area (Å²) in [5, 5.41) is 0. The van der Waals surface area contributed by atoms with E-state index in [1.165, 1.54) is 18.4 Å². The molecule has 0 bridgehead atoms. The number of likely N-dealkylation sites (N-methyl/N-ethyl adjacent to an activating group) is 1. The zero-order chi connectivity index (χ0) is 15.4. The van der Waals surface area contributed by atoms with Gasteiger partial charge in [0.05, 0.1) is 5.57 Å². The van der Waals surface area contributed by atoms with Gasteiger partial charge < -0.3 is 4.74 Å². The lowest BCUT2D eigenvalue weighted by molar-refractivity contribution is -0.144. The summed E-state index contributed by atoms with van der Waals surface area (Å²) >= 11 is 0. The third kappa shape index (κ3) is 3.41. The van der Waals surface area contributed by atoms with Crippen LogP contribution < -0.4 is 0 Å². The van der Waals surface area contributed by atoms with Crippen LogP contribution in [0.4, 0.5) is 0 Å². The van der Waals surface area contributed by atoms with Crippen LogP contribution in [0.25, 0.3) is 5.57 Å². The Morgan fingerprint density at radius 1 is 1.23 bits per heavy atom. The molecule has 1 saturated carbocycles. The van der Waals surface area contributed by atoms with Crippen LogP contribution in [-0.4, -0.2) is 36.6 Å². The van der Waals surface area contributed by atoms with E-state index < -0.39 is 0 Å². The maximum atomic E-state index is 12.7. The number of nitrogens with zero attached hydrogens (tertiary/aromatic N) is 1. The predicted molar refractivity (Wildman–Crippen MR) is 88.4 cm³/mol. The Bertz CT molecular complexity index is 544. The van der Waals surface area contributed by atoms with E-state index in [-0.39, 0.29) is 12.1 Å². The minimum atomic E-state index is -0.0936. The number of esters is 1. The van der Waals surface area contributed by atoms with E-state index >= 15 is 0 Å². The van der Waals surface area contributed by atoms with Crippen LogP contribution >= 0.6 is 0 Å². The smallest absolute Gasteiger partial charge is 0.335 e. The molecular formula is C19H25NO2. The molecule has 1 heterocycles. The third-order valence-corrected chi connectivity index (χ3v) is 4.82. The van der Waals surface area contributed by atoms with E-state index in [0.717, 1.165) is 43.5 Å². The largest absolute Gasteiger partial charge is 0.459 e. The lowest BCUT2D eigenvalue weighted by atomic mass is 9.93. The van der Waals surface area contributed by atoms with E-state index in [4.69, 9.17) is 4.74 Å². The quantitative estimate of drug-likeness (QED) is 0.795. The van der Waals surface area contributed by atoms with Crippen LogP contribution in [0, 0.1) is 0 Å². The van der Waals surface area contributed by atoms with Gasteiger partial charge in [0.25, 0.3) is 0 Å². The summed E-state index contributed by atoms with van der Waals surface area (Å²) in [6.45, 7) is 4.85. The molecule has 1 aliphatic heterocycles. The Kier molecular flexibility index (Phi) is 4.94. The molecule has 0 N–H and O–H groups in total. The van der Waals surface area contributed by atoms with Crippen LogP contribution in [0.2, 0.25) is 0 Å². The van der Waals surface area contributed by atoms with Crippen LogP contribution in [0.15, 0.2) is 35.9 Å². The van der Waals surface area contributed by atoms with Gasteiger partial charge in [0.15, 0.2) is 0 Å². The van der Waals surface area contributed by atoms with Gasteiger partial charge in [0.2, 0.25) is 0 Å². The molecule has 0 aromatic heterocycles. The van der Waals surface area contributed by atoms with Gasteiger partial charge in [-0.3, -0.25) is 4.90 Å². The number of benzene rings is 1. The molecule has 3 rings (SSSR count).